The summed E-state index contributed by atoms with van der Waals surface area (Å²) in [6.45, 7) is 1.82. The highest BCUT2D eigenvalue weighted by Gasteiger charge is 2.03. The summed E-state index contributed by atoms with van der Waals surface area (Å²) in [7, 11) is 0. The van der Waals surface area contributed by atoms with Crippen molar-refractivity contribution < 1.29 is 0 Å². The molecule has 0 aliphatic carbocycles. The summed E-state index contributed by atoms with van der Waals surface area (Å²) in [6.07, 6.45) is 1.64. The molecule has 0 amide bonds. The lowest BCUT2D eigenvalue weighted by Gasteiger charge is -1.95. The third-order valence-corrected chi connectivity index (χ3v) is 1.78. The summed E-state index contributed by atoms with van der Waals surface area (Å²) in [5, 5.41) is 2.89. The zero-order chi connectivity index (χ0) is 9.42. The number of nitrogens with one attached hydrogen (secondary N) is 2. The van der Waals surface area contributed by atoms with E-state index in [1.807, 2.05) is 6.92 Å². The van der Waals surface area contributed by atoms with Crippen molar-refractivity contribution in [3.63, 3.8) is 0 Å². The third-order valence-electron chi connectivity index (χ3n) is 1.78. The van der Waals surface area contributed by atoms with Crippen LogP contribution >= 0.6 is 0 Å². The molecule has 0 aromatic carbocycles. The van der Waals surface area contributed by atoms with E-state index in [9.17, 15) is 4.79 Å². The monoisotopic (exact) mass is 178 g/mol. The molecule has 0 saturated heterocycles. The second-order valence-electron chi connectivity index (χ2n) is 2.93. The number of hydrogen-bond donors (Lipinski definition) is 3. The van der Waals surface area contributed by atoms with E-state index in [-0.39, 0.29) is 5.56 Å². The highest BCUT2D eigenvalue weighted by molar-refractivity contribution is 5.43. The largest absolute Gasteiger partial charge is 0.397 e. The molecule has 2 heterocycles. The number of H-pyrrole nitrogens is 2. The molecule has 0 radical (unpaired) electrons. The molecule has 2 rings (SSSR count). The van der Waals surface area contributed by atoms with Gasteiger partial charge in [-0.25, -0.2) is 4.68 Å². The van der Waals surface area contributed by atoms with E-state index in [0.717, 1.165) is 5.69 Å². The first-order chi connectivity index (χ1) is 6.16. The number of aryl methyl sites for hydroxylation is 1. The number of anilines is 1. The number of nitrogens with two attached hydrogens (primary N) is 1. The first kappa shape index (κ1) is 7.72. The molecule has 0 saturated carbocycles. The Balaban J connectivity index is 2.58. The quantitative estimate of drug-likeness (QED) is 0.590. The van der Waals surface area contributed by atoms with Gasteiger partial charge < -0.3 is 10.7 Å². The smallest absolute Gasteiger partial charge is 0.272 e. The maximum atomic E-state index is 11.3. The molecule has 0 fully saturated rings. The second kappa shape index (κ2) is 2.55. The molecule has 4 N–H and O–H groups in total. The Kier molecular flexibility index (Phi) is 1.51. The predicted molar refractivity (Wildman–Crippen MR) is 49.9 cm³/mol. The molecule has 2 aromatic rings. The lowest BCUT2D eigenvalue weighted by atomic mass is 10.5. The van der Waals surface area contributed by atoms with Gasteiger partial charge in [0.05, 0.1) is 5.69 Å². The minimum atomic E-state index is -0.0978. The van der Waals surface area contributed by atoms with Gasteiger partial charge in [-0.15, -0.1) is 0 Å². The zero-order valence-electron chi connectivity index (χ0n) is 7.16. The van der Waals surface area contributed by atoms with Gasteiger partial charge in [0, 0.05) is 24.0 Å². The summed E-state index contributed by atoms with van der Waals surface area (Å²) in [5.41, 5.74) is 6.84. The molecule has 0 spiro atoms. The molecule has 2 aromatic heterocycles. The predicted octanol–water partition coefficient (Wildman–Crippen LogP) is 0.384. The van der Waals surface area contributed by atoms with Gasteiger partial charge in [0.1, 0.15) is 5.82 Å². The van der Waals surface area contributed by atoms with Crippen LogP contribution in [0.15, 0.2) is 23.1 Å². The van der Waals surface area contributed by atoms with Crippen LogP contribution in [0.2, 0.25) is 0 Å². The van der Waals surface area contributed by atoms with Crippen LogP contribution in [0.1, 0.15) is 5.69 Å². The summed E-state index contributed by atoms with van der Waals surface area (Å²) < 4.78 is 1.41. The maximum Gasteiger partial charge on any atom is 0.272 e. The molecule has 68 valence electrons. The molecule has 5 nitrogen and oxygen atoms in total. The molecule has 0 aliphatic heterocycles. The highest BCUT2D eigenvalue weighted by Crippen LogP contribution is 2.06. The summed E-state index contributed by atoms with van der Waals surface area (Å²) in [4.78, 5) is 14.2. The number of aromatic amines is 2. The van der Waals surface area contributed by atoms with Crippen molar-refractivity contribution in [1.29, 1.82) is 0 Å². The average Bonchev–Trinajstić information content (AvgIpc) is 2.58. The number of nitrogen functional groups attached to an aromatic ring is 1. The van der Waals surface area contributed by atoms with E-state index < -0.39 is 0 Å². The first-order valence-corrected chi connectivity index (χ1v) is 3.90. The minimum Gasteiger partial charge on any atom is -0.397 e. The Morgan fingerprint density at radius 2 is 2.23 bits per heavy atom. The molecular formula is C8H10N4O. The molecule has 0 unspecified atom stereocenters. The van der Waals surface area contributed by atoms with Crippen LogP contribution in [-0.4, -0.2) is 14.8 Å². The van der Waals surface area contributed by atoms with Crippen molar-refractivity contribution in [3.8, 4) is 5.82 Å². The SMILES string of the molecule is Cc1cc(=O)n(-c2cc(N)c[nH]2)[nH]1. The van der Waals surface area contributed by atoms with Gasteiger partial charge >= 0.3 is 0 Å². The lowest BCUT2D eigenvalue weighted by molar-refractivity contribution is 0.813. The number of rotatable bonds is 1. The fraction of sp³-hybridized carbons (Fsp3) is 0.125. The van der Waals surface area contributed by atoms with Crippen LogP contribution in [0.4, 0.5) is 5.69 Å². The molecule has 0 bridgehead atoms. The fourth-order valence-corrected chi connectivity index (χ4v) is 1.22. The Morgan fingerprint density at radius 1 is 1.46 bits per heavy atom. The van der Waals surface area contributed by atoms with Crippen molar-refractivity contribution in [2.75, 3.05) is 5.73 Å². The van der Waals surface area contributed by atoms with E-state index >= 15 is 0 Å². The molecule has 0 atom stereocenters. The van der Waals surface area contributed by atoms with Crippen molar-refractivity contribution >= 4 is 5.69 Å². The van der Waals surface area contributed by atoms with Crippen molar-refractivity contribution in [3.05, 3.63) is 34.4 Å². The van der Waals surface area contributed by atoms with Gasteiger partial charge in [0.2, 0.25) is 0 Å². The van der Waals surface area contributed by atoms with Crippen LogP contribution in [0, 0.1) is 6.92 Å². The van der Waals surface area contributed by atoms with Crippen molar-refractivity contribution in [2.24, 2.45) is 0 Å². The Labute approximate surface area is 74.2 Å². The van der Waals surface area contributed by atoms with Gasteiger partial charge in [-0.1, -0.05) is 0 Å². The molecule has 13 heavy (non-hydrogen) atoms. The van der Waals surface area contributed by atoms with Gasteiger partial charge in [0.25, 0.3) is 5.56 Å². The normalized spacial score (nSPS) is 10.5. The lowest BCUT2D eigenvalue weighted by Crippen LogP contribution is -2.13. The maximum absolute atomic E-state index is 11.3. The number of hydrogen-bond acceptors (Lipinski definition) is 2. The van der Waals surface area contributed by atoms with Crippen LogP contribution in [0.3, 0.4) is 0 Å². The summed E-state index contributed by atoms with van der Waals surface area (Å²) >= 11 is 0. The number of nitrogens with zero attached hydrogens (tertiary/aromatic N) is 1. The Hall–Kier alpha value is -1.91. The van der Waals surface area contributed by atoms with E-state index in [2.05, 4.69) is 10.1 Å². The van der Waals surface area contributed by atoms with E-state index in [1.165, 1.54) is 10.7 Å². The van der Waals surface area contributed by atoms with Crippen LogP contribution in [-0.2, 0) is 0 Å². The molecular weight excluding hydrogens is 168 g/mol. The zero-order valence-corrected chi connectivity index (χ0v) is 7.16. The van der Waals surface area contributed by atoms with Gasteiger partial charge in [0.15, 0.2) is 0 Å². The first-order valence-electron chi connectivity index (χ1n) is 3.90. The number of aromatic nitrogens is 3. The van der Waals surface area contributed by atoms with Gasteiger partial charge in [-0.2, -0.15) is 0 Å². The Morgan fingerprint density at radius 3 is 2.69 bits per heavy atom. The molecule has 5 heteroatoms. The van der Waals surface area contributed by atoms with E-state index in [4.69, 9.17) is 5.73 Å². The van der Waals surface area contributed by atoms with Crippen LogP contribution in [0.25, 0.3) is 5.82 Å². The third kappa shape index (κ3) is 1.24. The summed E-state index contributed by atoms with van der Waals surface area (Å²) in [6, 6.07) is 3.22. The van der Waals surface area contributed by atoms with Gasteiger partial charge in [-0.3, -0.25) is 9.89 Å². The second-order valence-corrected chi connectivity index (χ2v) is 2.93. The van der Waals surface area contributed by atoms with Gasteiger partial charge in [-0.05, 0) is 6.92 Å². The topological polar surface area (TPSA) is 79.6 Å². The minimum absolute atomic E-state index is 0.0978. The fourth-order valence-electron chi connectivity index (χ4n) is 1.22. The molecule has 0 aliphatic rings. The average molecular weight is 178 g/mol. The summed E-state index contributed by atoms with van der Waals surface area (Å²) in [5.74, 6) is 0.649. The standard InChI is InChI=1S/C8H10N4O/c1-5-2-8(13)12(11-5)7-3-6(9)4-10-7/h2-4,10-11H,9H2,1H3. The van der Waals surface area contributed by atoms with Crippen LogP contribution in [0.5, 0.6) is 0 Å². The van der Waals surface area contributed by atoms with E-state index in [1.54, 1.807) is 12.3 Å². The van der Waals surface area contributed by atoms with E-state index in [0.29, 0.717) is 11.5 Å². The van der Waals surface area contributed by atoms with Crippen molar-refractivity contribution in [2.45, 2.75) is 6.92 Å². The highest BCUT2D eigenvalue weighted by atomic mass is 16.1. The Bertz CT molecular complexity index is 476. The van der Waals surface area contributed by atoms with Crippen LogP contribution < -0.4 is 11.3 Å². The van der Waals surface area contributed by atoms with Crippen molar-refractivity contribution in [1.82, 2.24) is 14.8 Å².